The third kappa shape index (κ3) is 3.23. The number of H-pyrrole nitrogens is 1. The van der Waals surface area contributed by atoms with E-state index < -0.39 is 23.5 Å². The molecule has 0 aliphatic carbocycles. The molecule has 1 atom stereocenters. The lowest BCUT2D eigenvalue weighted by molar-refractivity contribution is -0.130. The van der Waals surface area contributed by atoms with Gasteiger partial charge >= 0.3 is 0 Å². The number of nitrogens with one attached hydrogen (secondary N) is 1. The Bertz CT molecular complexity index is 1400. The summed E-state index contributed by atoms with van der Waals surface area (Å²) in [5.74, 6) is -1.65. The van der Waals surface area contributed by atoms with E-state index in [9.17, 15) is 14.7 Å². The second-order valence-corrected chi connectivity index (χ2v) is 8.48. The van der Waals surface area contributed by atoms with Gasteiger partial charge in [-0.1, -0.05) is 34.1 Å². The van der Waals surface area contributed by atoms with Gasteiger partial charge in [0.25, 0.3) is 5.91 Å². The summed E-state index contributed by atoms with van der Waals surface area (Å²) in [6, 6.07) is 13.9. The SMILES string of the molecule is COCCN1C(=O)C(O)=C(C(=O)c2cc3cc(Br)ccc3o2)C1c1c[nH]c2ccccc12. The molecule has 1 aliphatic heterocycles. The molecule has 0 saturated heterocycles. The molecule has 0 bridgehead atoms. The number of ketones is 1. The predicted octanol–water partition coefficient (Wildman–Crippen LogP) is 4.90. The quantitative estimate of drug-likeness (QED) is 0.371. The smallest absolute Gasteiger partial charge is 0.290 e. The topological polar surface area (TPSA) is 95.8 Å². The molecule has 5 rings (SSSR count). The largest absolute Gasteiger partial charge is 0.503 e. The first-order valence-corrected chi connectivity index (χ1v) is 10.8. The second-order valence-electron chi connectivity index (χ2n) is 7.57. The molecule has 1 aliphatic rings. The van der Waals surface area contributed by atoms with Crippen LogP contribution in [0.4, 0.5) is 0 Å². The molecule has 3 heterocycles. The van der Waals surface area contributed by atoms with Crippen LogP contribution in [0.1, 0.15) is 22.2 Å². The molecule has 32 heavy (non-hydrogen) atoms. The first-order valence-electron chi connectivity index (χ1n) is 10.0. The number of amides is 1. The van der Waals surface area contributed by atoms with Crippen LogP contribution in [0.3, 0.4) is 0 Å². The summed E-state index contributed by atoms with van der Waals surface area (Å²) in [5, 5.41) is 12.4. The highest BCUT2D eigenvalue weighted by molar-refractivity contribution is 9.10. The van der Waals surface area contributed by atoms with E-state index in [0.29, 0.717) is 5.58 Å². The number of furan rings is 1. The molecule has 162 valence electrons. The highest BCUT2D eigenvalue weighted by Crippen LogP contribution is 2.42. The van der Waals surface area contributed by atoms with Gasteiger partial charge in [-0.2, -0.15) is 0 Å². The highest BCUT2D eigenvalue weighted by Gasteiger charge is 2.45. The lowest BCUT2D eigenvalue weighted by atomic mass is 9.94. The Morgan fingerprint density at radius 2 is 2.06 bits per heavy atom. The minimum Gasteiger partial charge on any atom is -0.503 e. The number of aliphatic hydroxyl groups is 1. The summed E-state index contributed by atoms with van der Waals surface area (Å²) in [5.41, 5.74) is 2.12. The van der Waals surface area contributed by atoms with Crippen molar-refractivity contribution in [1.29, 1.82) is 0 Å². The van der Waals surface area contributed by atoms with E-state index in [1.807, 2.05) is 36.4 Å². The van der Waals surface area contributed by atoms with Crippen molar-refractivity contribution < 1.29 is 23.8 Å². The number of aromatic nitrogens is 1. The third-order valence-corrected chi connectivity index (χ3v) is 6.20. The number of carbonyl (C=O) groups excluding carboxylic acids is 2. The zero-order valence-electron chi connectivity index (χ0n) is 17.1. The maximum Gasteiger partial charge on any atom is 0.290 e. The summed E-state index contributed by atoms with van der Waals surface area (Å²) >= 11 is 3.41. The minimum absolute atomic E-state index is 0.00558. The van der Waals surface area contributed by atoms with Gasteiger partial charge in [0.1, 0.15) is 5.58 Å². The van der Waals surface area contributed by atoms with Crippen LogP contribution in [0, 0.1) is 0 Å². The number of benzene rings is 2. The number of aromatic amines is 1. The number of fused-ring (bicyclic) bond motifs is 2. The molecule has 1 unspecified atom stereocenters. The van der Waals surface area contributed by atoms with Gasteiger partial charge in [-0.15, -0.1) is 0 Å². The van der Waals surface area contributed by atoms with Crippen molar-refractivity contribution in [3.8, 4) is 0 Å². The summed E-state index contributed by atoms with van der Waals surface area (Å²) < 4.78 is 11.8. The maximum atomic E-state index is 13.6. The molecule has 0 spiro atoms. The Morgan fingerprint density at radius 3 is 2.88 bits per heavy atom. The van der Waals surface area contributed by atoms with E-state index in [1.165, 1.54) is 12.0 Å². The lowest BCUT2D eigenvalue weighted by Crippen LogP contribution is -2.33. The Morgan fingerprint density at radius 1 is 1.25 bits per heavy atom. The van der Waals surface area contributed by atoms with Gasteiger partial charge in [0, 0.05) is 46.2 Å². The van der Waals surface area contributed by atoms with E-state index in [1.54, 1.807) is 18.3 Å². The number of hydrogen-bond donors (Lipinski definition) is 2. The Hall–Kier alpha value is -3.36. The fourth-order valence-corrected chi connectivity index (χ4v) is 4.59. The molecule has 8 heteroatoms. The molecule has 7 nitrogen and oxygen atoms in total. The summed E-state index contributed by atoms with van der Waals surface area (Å²) in [7, 11) is 1.53. The zero-order chi connectivity index (χ0) is 22.4. The average molecular weight is 495 g/mol. The van der Waals surface area contributed by atoms with Crippen molar-refractivity contribution in [2.75, 3.05) is 20.3 Å². The number of halogens is 1. The Kier molecular flexibility index (Phi) is 5.11. The van der Waals surface area contributed by atoms with Gasteiger partial charge in [-0.05, 0) is 30.3 Å². The average Bonchev–Trinajstić information content (AvgIpc) is 3.47. The van der Waals surface area contributed by atoms with Crippen molar-refractivity contribution in [1.82, 2.24) is 9.88 Å². The predicted molar refractivity (Wildman–Crippen MR) is 123 cm³/mol. The van der Waals surface area contributed by atoms with Crippen LogP contribution < -0.4 is 0 Å². The van der Waals surface area contributed by atoms with E-state index >= 15 is 0 Å². The van der Waals surface area contributed by atoms with Crippen LogP contribution in [0.25, 0.3) is 21.9 Å². The number of rotatable bonds is 6. The van der Waals surface area contributed by atoms with Crippen LogP contribution in [0.5, 0.6) is 0 Å². The van der Waals surface area contributed by atoms with Crippen LogP contribution >= 0.6 is 15.9 Å². The normalized spacial score (nSPS) is 16.6. The molecule has 0 fully saturated rings. The van der Waals surface area contributed by atoms with E-state index in [4.69, 9.17) is 9.15 Å². The van der Waals surface area contributed by atoms with E-state index in [0.717, 1.165) is 26.3 Å². The number of Topliss-reactive ketones (excluding diaryl/α,β-unsaturated/α-hetero) is 1. The third-order valence-electron chi connectivity index (χ3n) is 5.70. The first-order chi connectivity index (χ1) is 15.5. The van der Waals surface area contributed by atoms with E-state index in [-0.39, 0.29) is 24.5 Å². The van der Waals surface area contributed by atoms with Crippen LogP contribution in [-0.4, -0.2) is 46.9 Å². The van der Waals surface area contributed by atoms with Gasteiger partial charge in [0.15, 0.2) is 11.5 Å². The number of para-hydroxylation sites is 1. The number of aliphatic hydroxyl groups excluding tert-OH is 1. The molecule has 2 aromatic carbocycles. The van der Waals surface area contributed by atoms with Gasteiger partial charge < -0.3 is 24.1 Å². The van der Waals surface area contributed by atoms with Gasteiger partial charge in [-0.3, -0.25) is 9.59 Å². The fourth-order valence-electron chi connectivity index (χ4n) is 4.21. The zero-order valence-corrected chi connectivity index (χ0v) is 18.7. The molecule has 0 saturated carbocycles. The second kappa shape index (κ2) is 7.96. The monoisotopic (exact) mass is 494 g/mol. The molecular weight excluding hydrogens is 476 g/mol. The van der Waals surface area contributed by atoms with Gasteiger partial charge in [0.05, 0.1) is 18.2 Å². The number of hydrogen-bond acceptors (Lipinski definition) is 5. The van der Waals surface area contributed by atoms with Gasteiger partial charge in [0.2, 0.25) is 5.78 Å². The molecule has 4 aromatic rings. The van der Waals surface area contributed by atoms with Gasteiger partial charge in [-0.25, -0.2) is 0 Å². The molecule has 1 amide bonds. The fraction of sp³-hybridized carbons (Fsp3) is 0.167. The van der Waals surface area contributed by atoms with Crippen molar-refractivity contribution >= 4 is 49.5 Å². The van der Waals surface area contributed by atoms with Crippen molar-refractivity contribution in [3.63, 3.8) is 0 Å². The molecule has 2 aromatic heterocycles. The maximum absolute atomic E-state index is 13.6. The summed E-state index contributed by atoms with van der Waals surface area (Å²) in [4.78, 5) is 31.2. The first kappa shape index (κ1) is 20.5. The lowest BCUT2D eigenvalue weighted by Gasteiger charge is -2.25. The van der Waals surface area contributed by atoms with Crippen molar-refractivity contribution in [2.45, 2.75) is 6.04 Å². The minimum atomic E-state index is -0.777. The number of carbonyl (C=O) groups is 2. The van der Waals surface area contributed by atoms with Crippen LogP contribution in [0.15, 0.2) is 74.9 Å². The van der Waals surface area contributed by atoms with E-state index in [2.05, 4.69) is 20.9 Å². The standard InChI is InChI=1S/C24H19BrN2O5/c1-31-9-8-27-21(16-12-26-17-5-3-2-4-15(16)17)20(23(29)24(27)30)22(28)19-11-13-10-14(25)6-7-18(13)32-19/h2-7,10-12,21,26,29H,8-9H2,1H3. The molecular formula is C24H19BrN2O5. The summed E-state index contributed by atoms with van der Waals surface area (Å²) in [6.45, 7) is 0.478. The van der Waals surface area contributed by atoms with Crippen molar-refractivity contribution in [3.05, 3.63) is 81.9 Å². The number of ether oxygens (including phenoxy) is 1. The Balaban J connectivity index is 1.64. The number of nitrogens with zero attached hydrogens (tertiary/aromatic N) is 1. The van der Waals surface area contributed by atoms with Crippen molar-refractivity contribution in [2.24, 2.45) is 0 Å². The van der Waals surface area contributed by atoms with Crippen LogP contribution in [-0.2, 0) is 9.53 Å². The molecule has 2 N–H and O–H groups in total. The number of methoxy groups -OCH3 is 1. The summed E-state index contributed by atoms with van der Waals surface area (Å²) in [6.07, 6.45) is 1.77. The van der Waals surface area contributed by atoms with Crippen LogP contribution in [0.2, 0.25) is 0 Å². The molecule has 0 radical (unpaired) electrons. The highest BCUT2D eigenvalue weighted by atomic mass is 79.9. The Labute approximate surface area is 191 Å².